The Hall–Kier alpha value is -1.10. The normalized spacial score (nSPS) is 19.0. The Kier molecular flexibility index (Phi) is 5.40. The molecule has 1 N–H and O–H groups in total. The van der Waals surface area contributed by atoms with Crippen LogP contribution in [0.25, 0.3) is 0 Å². The van der Waals surface area contributed by atoms with E-state index in [1.54, 1.807) is 0 Å². The molecule has 1 saturated heterocycles. The van der Waals surface area contributed by atoms with Crippen molar-refractivity contribution in [2.75, 3.05) is 46.4 Å². The van der Waals surface area contributed by atoms with Crippen LogP contribution in [0.3, 0.4) is 0 Å². The summed E-state index contributed by atoms with van der Waals surface area (Å²) in [6.07, 6.45) is -0.432. The molecule has 20 heavy (non-hydrogen) atoms. The minimum Gasteiger partial charge on any atom is -0.491 e. The van der Waals surface area contributed by atoms with Crippen LogP contribution >= 0.6 is 0 Å². The number of β-amino-alcohol motifs (C(OH)–C–C–N with tert-alkyl or cyclic N) is 1. The summed E-state index contributed by atoms with van der Waals surface area (Å²) in [6, 6.07) is 6.15. The van der Waals surface area contributed by atoms with E-state index in [0.717, 1.165) is 37.5 Å². The van der Waals surface area contributed by atoms with Gasteiger partial charge in [-0.25, -0.2) is 0 Å². The lowest BCUT2D eigenvalue weighted by atomic mass is 10.1. The van der Waals surface area contributed by atoms with Gasteiger partial charge in [-0.05, 0) is 38.1 Å². The standard InChI is InChI=1S/C16H26N2O2/c1-13-4-5-14(2)16(10-13)20-12-15(19)11-18-8-6-17(3)7-9-18/h4-5,10,15,19H,6-9,11-12H2,1-3H3. The highest BCUT2D eigenvalue weighted by atomic mass is 16.5. The third kappa shape index (κ3) is 4.47. The van der Waals surface area contributed by atoms with Crippen LogP contribution in [0.2, 0.25) is 0 Å². The predicted octanol–water partition coefficient (Wildman–Crippen LogP) is 1.29. The van der Waals surface area contributed by atoms with Crippen molar-refractivity contribution >= 4 is 0 Å². The molecule has 1 aliphatic rings. The molecule has 0 aromatic heterocycles. The van der Waals surface area contributed by atoms with E-state index in [1.807, 2.05) is 19.9 Å². The molecule has 0 amide bonds. The number of benzene rings is 1. The summed E-state index contributed by atoms with van der Waals surface area (Å²) in [5.41, 5.74) is 2.29. The van der Waals surface area contributed by atoms with Gasteiger partial charge >= 0.3 is 0 Å². The smallest absolute Gasteiger partial charge is 0.122 e. The van der Waals surface area contributed by atoms with Gasteiger partial charge in [-0.2, -0.15) is 0 Å². The van der Waals surface area contributed by atoms with E-state index in [4.69, 9.17) is 4.74 Å². The van der Waals surface area contributed by atoms with Gasteiger partial charge in [-0.15, -0.1) is 0 Å². The van der Waals surface area contributed by atoms with Crippen LogP contribution in [0, 0.1) is 13.8 Å². The minimum atomic E-state index is -0.432. The van der Waals surface area contributed by atoms with Crippen molar-refractivity contribution in [3.8, 4) is 5.75 Å². The number of hydrogen-bond acceptors (Lipinski definition) is 4. The summed E-state index contributed by atoms with van der Waals surface area (Å²) in [4.78, 5) is 4.62. The number of aliphatic hydroxyl groups excluding tert-OH is 1. The lowest BCUT2D eigenvalue weighted by molar-refractivity contribution is 0.0503. The zero-order valence-corrected chi connectivity index (χ0v) is 12.8. The van der Waals surface area contributed by atoms with Crippen molar-refractivity contribution in [1.82, 2.24) is 9.80 Å². The second-order valence-corrected chi connectivity index (χ2v) is 5.84. The Bertz CT molecular complexity index is 428. The molecule has 1 aromatic carbocycles. The topological polar surface area (TPSA) is 35.9 Å². The van der Waals surface area contributed by atoms with Crippen molar-refractivity contribution in [2.24, 2.45) is 0 Å². The molecule has 1 fully saturated rings. The molecule has 0 bridgehead atoms. The molecule has 1 aliphatic heterocycles. The number of ether oxygens (including phenoxy) is 1. The maximum Gasteiger partial charge on any atom is 0.122 e. The fraction of sp³-hybridized carbons (Fsp3) is 0.625. The highest BCUT2D eigenvalue weighted by Crippen LogP contribution is 2.19. The molecular formula is C16H26N2O2. The van der Waals surface area contributed by atoms with Gasteiger partial charge in [-0.1, -0.05) is 12.1 Å². The molecule has 4 heteroatoms. The molecule has 0 saturated carbocycles. The Morgan fingerprint density at radius 1 is 1.20 bits per heavy atom. The second kappa shape index (κ2) is 7.07. The first-order chi connectivity index (χ1) is 9.54. The first-order valence-corrected chi connectivity index (χ1v) is 7.33. The largest absolute Gasteiger partial charge is 0.491 e. The second-order valence-electron chi connectivity index (χ2n) is 5.84. The van der Waals surface area contributed by atoms with Gasteiger partial charge in [0.25, 0.3) is 0 Å². The molecule has 0 spiro atoms. The van der Waals surface area contributed by atoms with Gasteiger partial charge in [-0.3, -0.25) is 4.90 Å². The van der Waals surface area contributed by atoms with Crippen molar-refractivity contribution in [3.05, 3.63) is 29.3 Å². The first-order valence-electron chi connectivity index (χ1n) is 7.33. The summed E-state index contributed by atoms with van der Waals surface area (Å²) in [6.45, 7) is 9.33. The SMILES string of the molecule is Cc1ccc(C)c(OCC(O)CN2CCN(C)CC2)c1. The predicted molar refractivity (Wildman–Crippen MR) is 81.4 cm³/mol. The first kappa shape index (κ1) is 15.3. The van der Waals surface area contributed by atoms with Gasteiger partial charge in [0.05, 0.1) is 0 Å². The van der Waals surface area contributed by atoms with Crippen LogP contribution in [0.15, 0.2) is 18.2 Å². The van der Waals surface area contributed by atoms with E-state index in [-0.39, 0.29) is 0 Å². The summed E-state index contributed by atoms with van der Waals surface area (Å²) in [7, 11) is 2.14. The minimum absolute atomic E-state index is 0.358. The highest BCUT2D eigenvalue weighted by Gasteiger charge is 2.17. The van der Waals surface area contributed by atoms with Crippen molar-refractivity contribution in [3.63, 3.8) is 0 Å². The van der Waals surface area contributed by atoms with Crippen LogP contribution in [0.1, 0.15) is 11.1 Å². The summed E-state index contributed by atoms with van der Waals surface area (Å²) >= 11 is 0. The average Bonchev–Trinajstić information content (AvgIpc) is 2.42. The fourth-order valence-corrected chi connectivity index (χ4v) is 2.43. The number of aryl methyl sites for hydroxylation is 2. The molecule has 1 heterocycles. The molecular weight excluding hydrogens is 252 g/mol. The number of hydrogen-bond donors (Lipinski definition) is 1. The zero-order chi connectivity index (χ0) is 14.5. The van der Waals surface area contributed by atoms with Gasteiger partial charge in [0, 0.05) is 32.7 Å². The van der Waals surface area contributed by atoms with E-state index in [1.165, 1.54) is 5.56 Å². The third-order valence-corrected chi connectivity index (χ3v) is 3.84. The van der Waals surface area contributed by atoms with E-state index in [0.29, 0.717) is 13.2 Å². The number of rotatable bonds is 5. The summed E-state index contributed by atoms with van der Waals surface area (Å²) < 4.78 is 5.75. The molecule has 1 aromatic rings. The van der Waals surface area contributed by atoms with Gasteiger partial charge < -0.3 is 14.7 Å². The van der Waals surface area contributed by atoms with E-state index >= 15 is 0 Å². The lowest BCUT2D eigenvalue weighted by Gasteiger charge is -2.33. The molecule has 1 atom stereocenters. The van der Waals surface area contributed by atoms with Crippen LogP contribution in [-0.4, -0.2) is 67.4 Å². The van der Waals surface area contributed by atoms with Crippen molar-refractivity contribution in [2.45, 2.75) is 20.0 Å². The highest BCUT2D eigenvalue weighted by molar-refractivity contribution is 5.35. The average molecular weight is 278 g/mol. The Morgan fingerprint density at radius 2 is 1.90 bits per heavy atom. The number of likely N-dealkylation sites (N-methyl/N-ethyl adjacent to an activating group) is 1. The molecule has 112 valence electrons. The summed E-state index contributed by atoms with van der Waals surface area (Å²) in [5, 5.41) is 10.1. The van der Waals surface area contributed by atoms with E-state index in [9.17, 15) is 5.11 Å². The fourth-order valence-electron chi connectivity index (χ4n) is 2.43. The molecule has 0 aliphatic carbocycles. The number of aliphatic hydroxyl groups is 1. The number of nitrogens with zero attached hydrogens (tertiary/aromatic N) is 2. The van der Waals surface area contributed by atoms with E-state index < -0.39 is 6.10 Å². The van der Waals surface area contributed by atoms with Gasteiger partial charge in [0.2, 0.25) is 0 Å². The van der Waals surface area contributed by atoms with Crippen molar-refractivity contribution in [1.29, 1.82) is 0 Å². The Balaban J connectivity index is 1.77. The maximum absolute atomic E-state index is 10.1. The van der Waals surface area contributed by atoms with Gasteiger partial charge in [0.15, 0.2) is 0 Å². The van der Waals surface area contributed by atoms with Crippen LogP contribution in [-0.2, 0) is 0 Å². The van der Waals surface area contributed by atoms with E-state index in [2.05, 4.69) is 29.0 Å². The van der Waals surface area contributed by atoms with Crippen LogP contribution in [0.4, 0.5) is 0 Å². The monoisotopic (exact) mass is 278 g/mol. The quantitative estimate of drug-likeness (QED) is 0.880. The van der Waals surface area contributed by atoms with Crippen LogP contribution in [0.5, 0.6) is 5.75 Å². The van der Waals surface area contributed by atoms with Gasteiger partial charge in [0.1, 0.15) is 18.5 Å². The molecule has 0 radical (unpaired) electrons. The number of piperazine rings is 1. The molecule has 2 rings (SSSR count). The van der Waals surface area contributed by atoms with Crippen molar-refractivity contribution < 1.29 is 9.84 Å². The van der Waals surface area contributed by atoms with Crippen LogP contribution < -0.4 is 4.74 Å². The molecule has 1 unspecified atom stereocenters. The maximum atomic E-state index is 10.1. The third-order valence-electron chi connectivity index (χ3n) is 3.84. The lowest BCUT2D eigenvalue weighted by Crippen LogP contribution is -2.47. The molecule has 4 nitrogen and oxygen atoms in total. The Labute approximate surface area is 122 Å². The Morgan fingerprint density at radius 3 is 2.60 bits per heavy atom. The summed E-state index contributed by atoms with van der Waals surface area (Å²) in [5.74, 6) is 0.877. The zero-order valence-electron chi connectivity index (χ0n) is 12.8.